The summed E-state index contributed by atoms with van der Waals surface area (Å²) in [5.41, 5.74) is 1.11. The minimum absolute atomic E-state index is 0.0939. The first kappa shape index (κ1) is 12.0. The van der Waals surface area contributed by atoms with Crippen LogP contribution in [0.15, 0.2) is 18.3 Å². The standard InChI is InChI=1S/C13H19N3O/c1-9-3-5-15-12(7-9)16-13(17)11-4-6-14-10(2)8-11/h3,5,7,10-11,14H,4,6,8H2,1-2H3,(H,15,16,17). The lowest BCUT2D eigenvalue weighted by Crippen LogP contribution is -2.40. The molecule has 92 valence electrons. The van der Waals surface area contributed by atoms with Crippen LogP contribution in [0.4, 0.5) is 5.82 Å². The smallest absolute Gasteiger partial charge is 0.228 e. The van der Waals surface area contributed by atoms with Crippen LogP contribution in [0.25, 0.3) is 0 Å². The van der Waals surface area contributed by atoms with Crippen molar-refractivity contribution in [3.63, 3.8) is 0 Å². The Morgan fingerprint density at radius 1 is 1.59 bits per heavy atom. The summed E-state index contributed by atoms with van der Waals surface area (Å²) in [6, 6.07) is 4.23. The normalized spacial score (nSPS) is 24.4. The van der Waals surface area contributed by atoms with E-state index in [1.165, 1.54) is 0 Å². The predicted molar refractivity (Wildman–Crippen MR) is 67.8 cm³/mol. The van der Waals surface area contributed by atoms with Crippen LogP contribution >= 0.6 is 0 Å². The highest BCUT2D eigenvalue weighted by Crippen LogP contribution is 2.18. The molecule has 0 aromatic carbocycles. The third kappa shape index (κ3) is 3.27. The van der Waals surface area contributed by atoms with Gasteiger partial charge in [0.15, 0.2) is 0 Å². The van der Waals surface area contributed by atoms with Gasteiger partial charge in [0.1, 0.15) is 5.82 Å². The maximum absolute atomic E-state index is 12.0. The number of nitrogens with zero attached hydrogens (tertiary/aromatic N) is 1. The fraction of sp³-hybridized carbons (Fsp3) is 0.538. The molecule has 1 amide bonds. The summed E-state index contributed by atoms with van der Waals surface area (Å²) in [7, 11) is 0. The molecular formula is C13H19N3O. The van der Waals surface area contributed by atoms with Crippen molar-refractivity contribution in [2.24, 2.45) is 5.92 Å². The molecule has 0 radical (unpaired) electrons. The van der Waals surface area contributed by atoms with Gasteiger partial charge >= 0.3 is 0 Å². The second kappa shape index (κ2) is 5.27. The van der Waals surface area contributed by atoms with Gasteiger partial charge in [0.2, 0.25) is 5.91 Å². The summed E-state index contributed by atoms with van der Waals surface area (Å²) in [6.45, 7) is 5.02. The van der Waals surface area contributed by atoms with Crippen molar-refractivity contribution in [2.45, 2.75) is 32.7 Å². The summed E-state index contributed by atoms with van der Waals surface area (Å²) >= 11 is 0. The first-order valence-corrected chi connectivity index (χ1v) is 6.12. The maximum atomic E-state index is 12.0. The fourth-order valence-corrected chi connectivity index (χ4v) is 2.20. The average molecular weight is 233 g/mol. The Balaban J connectivity index is 1.96. The second-order valence-corrected chi connectivity index (χ2v) is 4.78. The van der Waals surface area contributed by atoms with E-state index >= 15 is 0 Å². The van der Waals surface area contributed by atoms with Gasteiger partial charge in [-0.1, -0.05) is 0 Å². The van der Waals surface area contributed by atoms with Crippen LogP contribution < -0.4 is 10.6 Å². The molecule has 2 N–H and O–H groups in total. The topological polar surface area (TPSA) is 54.0 Å². The van der Waals surface area contributed by atoms with Crippen molar-refractivity contribution in [3.8, 4) is 0 Å². The Bertz CT molecular complexity index is 405. The highest BCUT2D eigenvalue weighted by atomic mass is 16.1. The zero-order chi connectivity index (χ0) is 12.3. The monoisotopic (exact) mass is 233 g/mol. The van der Waals surface area contributed by atoms with E-state index in [1.807, 2.05) is 19.1 Å². The van der Waals surface area contributed by atoms with Gasteiger partial charge in [-0.15, -0.1) is 0 Å². The number of anilines is 1. The van der Waals surface area contributed by atoms with E-state index in [0.29, 0.717) is 11.9 Å². The molecule has 0 aliphatic carbocycles. The molecule has 0 bridgehead atoms. The Morgan fingerprint density at radius 3 is 3.12 bits per heavy atom. The van der Waals surface area contributed by atoms with Crippen LogP contribution in [0, 0.1) is 12.8 Å². The number of aryl methyl sites for hydroxylation is 1. The largest absolute Gasteiger partial charge is 0.314 e. The number of piperidine rings is 1. The summed E-state index contributed by atoms with van der Waals surface area (Å²) in [5.74, 6) is 0.853. The SMILES string of the molecule is Cc1ccnc(NC(=O)C2CCNC(C)C2)c1. The molecule has 2 rings (SSSR count). The maximum Gasteiger partial charge on any atom is 0.228 e. The van der Waals surface area contributed by atoms with E-state index in [4.69, 9.17) is 0 Å². The molecule has 1 aromatic rings. The summed E-state index contributed by atoms with van der Waals surface area (Å²) in [5, 5.41) is 6.24. The highest BCUT2D eigenvalue weighted by Gasteiger charge is 2.24. The van der Waals surface area contributed by atoms with Gasteiger partial charge in [0, 0.05) is 18.2 Å². The number of nitrogens with one attached hydrogen (secondary N) is 2. The van der Waals surface area contributed by atoms with Gasteiger partial charge in [-0.25, -0.2) is 4.98 Å². The van der Waals surface area contributed by atoms with Gasteiger partial charge < -0.3 is 10.6 Å². The van der Waals surface area contributed by atoms with Gasteiger partial charge in [-0.2, -0.15) is 0 Å². The zero-order valence-corrected chi connectivity index (χ0v) is 10.4. The minimum Gasteiger partial charge on any atom is -0.314 e. The van der Waals surface area contributed by atoms with Gasteiger partial charge in [0.25, 0.3) is 0 Å². The average Bonchev–Trinajstić information content (AvgIpc) is 2.29. The van der Waals surface area contributed by atoms with Crippen LogP contribution in [-0.2, 0) is 4.79 Å². The Labute approximate surface area is 102 Å². The third-order valence-electron chi connectivity index (χ3n) is 3.16. The van der Waals surface area contributed by atoms with Crippen LogP contribution in [0.2, 0.25) is 0 Å². The molecule has 1 aliphatic heterocycles. The molecule has 1 aromatic heterocycles. The molecule has 2 heterocycles. The second-order valence-electron chi connectivity index (χ2n) is 4.78. The zero-order valence-electron chi connectivity index (χ0n) is 10.4. The van der Waals surface area contributed by atoms with E-state index in [1.54, 1.807) is 6.20 Å². The lowest BCUT2D eigenvalue weighted by molar-refractivity contribution is -0.120. The first-order chi connectivity index (χ1) is 8.15. The molecule has 1 fully saturated rings. The number of hydrogen-bond donors (Lipinski definition) is 2. The molecule has 4 nitrogen and oxygen atoms in total. The molecule has 0 spiro atoms. The number of carbonyl (C=O) groups is 1. The van der Waals surface area contributed by atoms with E-state index in [-0.39, 0.29) is 11.8 Å². The Hall–Kier alpha value is -1.42. The van der Waals surface area contributed by atoms with Crippen molar-refractivity contribution in [1.82, 2.24) is 10.3 Å². The number of rotatable bonds is 2. The molecule has 1 saturated heterocycles. The van der Waals surface area contributed by atoms with Crippen LogP contribution in [0.3, 0.4) is 0 Å². The number of amides is 1. The van der Waals surface area contributed by atoms with Crippen molar-refractivity contribution >= 4 is 11.7 Å². The molecule has 4 heteroatoms. The van der Waals surface area contributed by atoms with Gasteiger partial charge in [-0.3, -0.25) is 4.79 Å². The summed E-state index contributed by atoms with van der Waals surface area (Å²) in [6.07, 6.45) is 3.52. The quantitative estimate of drug-likeness (QED) is 0.817. The van der Waals surface area contributed by atoms with E-state index in [2.05, 4.69) is 22.5 Å². The molecule has 2 atom stereocenters. The third-order valence-corrected chi connectivity index (χ3v) is 3.16. The summed E-state index contributed by atoms with van der Waals surface area (Å²) in [4.78, 5) is 16.2. The number of carbonyl (C=O) groups excluding carboxylic acids is 1. The Morgan fingerprint density at radius 2 is 2.41 bits per heavy atom. The van der Waals surface area contributed by atoms with E-state index in [9.17, 15) is 4.79 Å². The molecule has 0 saturated carbocycles. The molecule has 2 unspecified atom stereocenters. The number of hydrogen-bond acceptors (Lipinski definition) is 3. The van der Waals surface area contributed by atoms with E-state index in [0.717, 1.165) is 24.9 Å². The van der Waals surface area contributed by atoms with Crippen molar-refractivity contribution < 1.29 is 4.79 Å². The van der Waals surface area contributed by atoms with Crippen molar-refractivity contribution in [1.29, 1.82) is 0 Å². The first-order valence-electron chi connectivity index (χ1n) is 6.12. The molecular weight excluding hydrogens is 214 g/mol. The van der Waals surface area contributed by atoms with E-state index < -0.39 is 0 Å². The molecule has 1 aliphatic rings. The fourth-order valence-electron chi connectivity index (χ4n) is 2.20. The lowest BCUT2D eigenvalue weighted by atomic mass is 9.92. The van der Waals surface area contributed by atoms with Crippen LogP contribution in [0.5, 0.6) is 0 Å². The van der Waals surface area contributed by atoms with Crippen LogP contribution in [0.1, 0.15) is 25.3 Å². The number of pyridine rings is 1. The highest BCUT2D eigenvalue weighted by molar-refractivity contribution is 5.91. The lowest BCUT2D eigenvalue weighted by Gasteiger charge is -2.26. The predicted octanol–water partition coefficient (Wildman–Crippen LogP) is 1.72. The Kier molecular flexibility index (Phi) is 3.74. The van der Waals surface area contributed by atoms with Gasteiger partial charge in [0.05, 0.1) is 0 Å². The van der Waals surface area contributed by atoms with Crippen molar-refractivity contribution in [3.05, 3.63) is 23.9 Å². The summed E-state index contributed by atoms with van der Waals surface area (Å²) < 4.78 is 0. The minimum atomic E-state index is 0.0939. The molecule has 17 heavy (non-hydrogen) atoms. The van der Waals surface area contributed by atoms with Crippen molar-refractivity contribution in [2.75, 3.05) is 11.9 Å². The van der Waals surface area contributed by atoms with Crippen LogP contribution in [-0.4, -0.2) is 23.5 Å². The van der Waals surface area contributed by atoms with Gasteiger partial charge in [-0.05, 0) is 50.9 Å². The number of aromatic nitrogens is 1.